The van der Waals surface area contributed by atoms with Gasteiger partial charge in [0.05, 0.1) is 7.11 Å². The van der Waals surface area contributed by atoms with Crippen molar-refractivity contribution in [3.63, 3.8) is 0 Å². The summed E-state index contributed by atoms with van der Waals surface area (Å²) in [6.45, 7) is 5.93. The minimum absolute atomic E-state index is 0.0893. The molecule has 0 aliphatic heterocycles. The lowest BCUT2D eigenvalue weighted by Crippen LogP contribution is -2.42. The van der Waals surface area contributed by atoms with Crippen molar-refractivity contribution in [2.75, 3.05) is 7.11 Å². The lowest BCUT2D eigenvalue weighted by Gasteiger charge is -2.18. The second-order valence-electron chi connectivity index (χ2n) is 4.02. The van der Waals surface area contributed by atoms with Gasteiger partial charge < -0.3 is 10.1 Å². The lowest BCUT2D eigenvalue weighted by molar-refractivity contribution is -0.145. The fourth-order valence-corrected chi connectivity index (χ4v) is 1.32. The molecule has 0 rings (SSSR count). The van der Waals surface area contributed by atoms with Gasteiger partial charge in [-0.1, -0.05) is 20.8 Å². The number of carbonyl (C=O) groups is 2. The first-order chi connectivity index (χ1) is 7.01. The van der Waals surface area contributed by atoms with Crippen molar-refractivity contribution < 1.29 is 14.3 Å². The Kier molecular flexibility index (Phi) is 6.75. The van der Waals surface area contributed by atoms with Crippen molar-refractivity contribution in [1.82, 2.24) is 5.32 Å². The van der Waals surface area contributed by atoms with Gasteiger partial charge in [0.1, 0.15) is 6.04 Å². The van der Waals surface area contributed by atoms with E-state index in [4.69, 9.17) is 0 Å². The van der Waals surface area contributed by atoms with Crippen molar-refractivity contribution in [3.8, 4) is 0 Å². The van der Waals surface area contributed by atoms with Gasteiger partial charge in [-0.3, -0.25) is 4.79 Å². The fraction of sp³-hybridized carbons (Fsp3) is 0.818. The zero-order valence-corrected chi connectivity index (χ0v) is 10.0. The van der Waals surface area contributed by atoms with Crippen LogP contribution >= 0.6 is 0 Å². The van der Waals surface area contributed by atoms with Crippen LogP contribution in [0.5, 0.6) is 0 Å². The lowest BCUT2D eigenvalue weighted by atomic mass is 10.0. The monoisotopic (exact) mass is 215 g/mol. The van der Waals surface area contributed by atoms with Crippen LogP contribution in [0.2, 0.25) is 0 Å². The third kappa shape index (κ3) is 6.10. The highest BCUT2D eigenvalue weighted by Crippen LogP contribution is 2.06. The number of hydrogen-bond donors (Lipinski definition) is 1. The summed E-state index contributed by atoms with van der Waals surface area (Å²) in [6.07, 6.45) is 1.84. The van der Waals surface area contributed by atoms with E-state index >= 15 is 0 Å². The molecule has 1 atom stereocenters. The van der Waals surface area contributed by atoms with Crippen LogP contribution in [0.25, 0.3) is 0 Å². The molecule has 0 heterocycles. The summed E-state index contributed by atoms with van der Waals surface area (Å²) in [7, 11) is 1.33. The van der Waals surface area contributed by atoms with Crippen LogP contribution in [-0.2, 0) is 14.3 Å². The van der Waals surface area contributed by atoms with Gasteiger partial charge in [-0.2, -0.15) is 0 Å². The van der Waals surface area contributed by atoms with E-state index in [2.05, 4.69) is 10.1 Å². The number of carbonyl (C=O) groups excluding carboxylic acids is 2. The summed E-state index contributed by atoms with van der Waals surface area (Å²) in [5.41, 5.74) is 0. The minimum Gasteiger partial charge on any atom is -0.467 e. The molecular formula is C11H21NO3. The standard InChI is InChI=1S/C11H21NO3/c1-5-6-10(13)12-9(7-8(2)3)11(14)15-4/h8-9H,5-7H2,1-4H3,(H,12,13)/t9-/m0/s1. The zero-order chi connectivity index (χ0) is 11.8. The van der Waals surface area contributed by atoms with Crippen LogP contribution in [0.4, 0.5) is 0 Å². The summed E-state index contributed by atoms with van der Waals surface area (Å²) < 4.78 is 4.64. The van der Waals surface area contributed by atoms with E-state index in [0.717, 1.165) is 6.42 Å². The number of ether oxygens (including phenoxy) is 1. The molecule has 15 heavy (non-hydrogen) atoms. The quantitative estimate of drug-likeness (QED) is 0.683. The van der Waals surface area contributed by atoms with Crippen molar-refractivity contribution in [3.05, 3.63) is 0 Å². The molecule has 88 valence electrons. The maximum Gasteiger partial charge on any atom is 0.328 e. The second kappa shape index (κ2) is 7.26. The predicted molar refractivity (Wildman–Crippen MR) is 58.3 cm³/mol. The molecular weight excluding hydrogens is 194 g/mol. The molecule has 1 amide bonds. The first kappa shape index (κ1) is 13.9. The van der Waals surface area contributed by atoms with E-state index in [-0.39, 0.29) is 11.9 Å². The predicted octanol–water partition coefficient (Wildman–Crippen LogP) is 1.49. The van der Waals surface area contributed by atoms with Crippen molar-refractivity contribution in [2.45, 2.75) is 46.1 Å². The molecule has 1 N–H and O–H groups in total. The van der Waals surface area contributed by atoms with E-state index < -0.39 is 6.04 Å². The Bertz CT molecular complexity index is 214. The highest BCUT2D eigenvalue weighted by Gasteiger charge is 2.21. The molecule has 0 aromatic carbocycles. The maximum absolute atomic E-state index is 11.4. The molecule has 0 bridgehead atoms. The Balaban J connectivity index is 4.24. The number of hydrogen-bond acceptors (Lipinski definition) is 3. The number of amides is 1. The smallest absolute Gasteiger partial charge is 0.328 e. The Hall–Kier alpha value is -1.06. The highest BCUT2D eigenvalue weighted by molar-refractivity contribution is 5.84. The molecule has 0 fully saturated rings. The van der Waals surface area contributed by atoms with Gasteiger partial charge in [0.25, 0.3) is 0 Å². The van der Waals surface area contributed by atoms with Crippen LogP contribution in [0.1, 0.15) is 40.0 Å². The van der Waals surface area contributed by atoms with E-state index in [1.165, 1.54) is 7.11 Å². The number of rotatable bonds is 6. The molecule has 0 unspecified atom stereocenters. The molecule has 4 heteroatoms. The van der Waals surface area contributed by atoms with Crippen LogP contribution < -0.4 is 5.32 Å². The SMILES string of the molecule is CCCC(=O)N[C@@H](CC(C)C)C(=O)OC. The van der Waals surface area contributed by atoms with Gasteiger partial charge in [-0.25, -0.2) is 4.79 Å². The van der Waals surface area contributed by atoms with Crippen LogP contribution in [-0.4, -0.2) is 25.0 Å². The van der Waals surface area contributed by atoms with Crippen molar-refractivity contribution in [1.29, 1.82) is 0 Å². The molecule has 0 aromatic heterocycles. The van der Waals surface area contributed by atoms with Crippen LogP contribution in [0.15, 0.2) is 0 Å². The molecule has 0 radical (unpaired) electrons. The zero-order valence-electron chi connectivity index (χ0n) is 10.0. The van der Waals surface area contributed by atoms with E-state index in [1.54, 1.807) is 0 Å². The molecule has 0 aromatic rings. The van der Waals surface area contributed by atoms with Gasteiger partial charge in [0, 0.05) is 6.42 Å². The largest absolute Gasteiger partial charge is 0.467 e. The topological polar surface area (TPSA) is 55.4 Å². The Morgan fingerprint density at radius 3 is 2.33 bits per heavy atom. The van der Waals surface area contributed by atoms with E-state index in [1.807, 2.05) is 20.8 Å². The summed E-state index contributed by atoms with van der Waals surface area (Å²) in [4.78, 5) is 22.7. The van der Waals surface area contributed by atoms with Crippen LogP contribution in [0.3, 0.4) is 0 Å². The Morgan fingerprint density at radius 2 is 1.93 bits per heavy atom. The Morgan fingerprint density at radius 1 is 1.33 bits per heavy atom. The number of methoxy groups -OCH3 is 1. The van der Waals surface area contributed by atoms with E-state index in [9.17, 15) is 9.59 Å². The first-order valence-corrected chi connectivity index (χ1v) is 5.38. The van der Waals surface area contributed by atoms with Crippen molar-refractivity contribution >= 4 is 11.9 Å². The van der Waals surface area contributed by atoms with Crippen LogP contribution in [0, 0.1) is 5.92 Å². The third-order valence-electron chi connectivity index (χ3n) is 2.01. The molecule has 0 spiro atoms. The van der Waals surface area contributed by atoms with Gasteiger partial charge >= 0.3 is 5.97 Å². The second-order valence-corrected chi connectivity index (χ2v) is 4.02. The van der Waals surface area contributed by atoms with Gasteiger partial charge in [-0.05, 0) is 18.8 Å². The van der Waals surface area contributed by atoms with Crippen molar-refractivity contribution in [2.24, 2.45) is 5.92 Å². The molecule has 0 saturated heterocycles. The minimum atomic E-state index is -0.506. The number of esters is 1. The summed E-state index contributed by atoms with van der Waals surface area (Å²) in [6, 6.07) is -0.506. The Labute approximate surface area is 91.4 Å². The molecule has 0 saturated carbocycles. The average Bonchev–Trinajstić information content (AvgIpc) is 2.15. The molecule has 0 aliphatic carbocycles. The van der Waals surface area contributed by atoms with Gasteiger partial charge in [-0.15, -0.1) is 0 Å². The maximum atomic E-state index is 11.4. The first-order valence-electron chi connectivity index (χ1n) is 5.38. The molecule has 0 aliphatic rings. The fourth-order valence-electron chi connectivity index (χ4n) is 1.32. The summed E-state index contributed by atoms with van der Waals surface area (Å²) in [5, 5.41) is 2.69. The van der Waals surface area contributed by atoms with E-state index in [0.29, 0.717) is 18.8 Å². The summed E-state index contributed by atoms with van der Waals surface area (Å²) in [5.74, 6) is -0.113. The summed E-state index contributed by atoms with van der Waals surface area (Å²) >= 11 is 0. The normalized spacial score (nSPS) is 12.3. The third-order valence-corrected chi connectivity index (χ3v) is 2.01. The average molecular weight is 215 g/mol. The van der Waals surface area contributed by atoms with Gasteiger partial charge in [0.2, 0.25) is 5.91 Å². The highest BCUT2D eigenvalue weighted by atomic mass is 16.5. The molecule has 4 nitrogen and oxygen atoms in total. The van der Waals surface area contributed by atoms with Gasteiger partial charge in [0.15, 0.2) is 0 Å². The number of nitrogens with one attached hydrogen (secondary N) is 1.